The van der Waals surface area contributed by atoms with Crippen LogP contribution in [0.2, 0.25) is 0 Å². The number of likely N-dealkylation sites (tertiary alicyclic amines) is 1. The molecule has 0 saturated carbocycles. The third-order valence-electron chi connectivity index (χ3n) is 8.38. The molecule has 1 spiro atoms. The fraction of sp³-hybridized carbons (Fsp3) is 0.731. The third-order valence-corrected chi connectivity index (χ3v) is 8.38. The Balaban J connectivity index is 1.49. The number of esters is 1. The lowest BCUT2D eigenvalue weighted by Crippen LogP contribution is -2.57. The van der Waals surface area contributed by atoms with Gasteiger partial charge < -0.3 is 29.1 Å². The number of hydrogen-bond acceptors (Lipinski definition) is 8. The standard InChI is InChI=1S/C26H37N3O7/c1-2-25-7-6-16-35-24(33)20(25)19-22(31)29(10-3-4-15-30)21-23(32)28(9-5-8-26(19,21)36-25)12-11-27-13-17-34-18-14-27/h5-8,19-21,30H,2-4,9-18H2,1H3/t19-,20+,21?,25-,26-/m0/s1. The molecule has 0 aliphatic carbocycles. The third kappa shape index (κ3) is 4.08. The van der Waals surface area contributed by atoms with Crippen molar-refractivity contribution in [1.29, 1.82) is 0 Å². The van der Waals surface area contributed by atoms with Gasteiger partial charge in [0.15, 0.2) is 0 Å². The smallest absolute Gasteiger partial charge is 0.313 e. The zero-order chi connectivity index (χ0) is 25.3. The molecule has 198 valence electrons. The molecule has 5 heterocycles. The summed E-state index contributed by atoms with van der Waals surface area (Å²) < 4.78 is 17.7. The van der Waals surface area contributed by atoms with Crippen molar-refractivity contribution in [1.82, 2.24) is 14.7 Å². The molecular weight excluding hydrogens is 466 g/mol. The van der Waals surface area contributed by atoms with E-state index in [0.717, 1.165) is 19.6 Å². The van der Waals surface area contributed by atoms with Crippen molar-refractivity contribution in [3.63, 3.8) is 0 Å². The Morgan fingerprint density at radius 1 is 1.00 bits per heavy atom. The van der Waals surface area contributed by atoms with Gasteiger partial charge in [0.05, 0.1) is 19.1 Å². The normalized spacial score (nSPS) is 36.4. The Kier molecular flexibility index (Phi) is 7.22. The zero-order valence-corrected chi connectivity index (χ0v) is 21.0. The largest absolute Gasteiger partial charge is 0.461 e. The molecule has 0 aromatic heterocycles. The van der Waals surface area contributed by atoms with Crippen LogP contribution in [-0.2, 0) is 28.6 Å². The van der Waals surface area contributed by atoms with Gasteiger partial charge in [-0.1, -0.05) is 25.2 Å². The van der Waals surface area contributed by atoms with Crippen LogP contribution in [-0.4, -0.2) is 121 Å². The molecule has 3 saturated heterocycles. The Morgan fingerprint density at radius 3 is 2.56 bits per heavy atom. The molecule has 0 aromatic rings. The summed E-state index contributed by atoms with van der Waals surface area (Å²) in [5.74, 6) is -2.53. The van der Waals surface area contributed by atoms with Crippen molar-refractivity contribution < 1.29 is 33.7 Å². The number of morpholine rings is 1. The topological polar surface area (TPSA) is 109 Å². The number of hydrogen-bond donors (Lipinski definition) is 1. The predicted octanol–water partition coefficient (Wildman–Crippen LogP) is -0.0365. The van der Waals surface area contributed by atoms with Gasteiger partial charge in [0, 0.05) is 45.9 Å². The molecule has 1 unspecified atom stereocenters. The van der Waals surface area contributed by atoms with E-state index in [1.807, 2.05) is 25.2 Å². The highest BCUT2D eigenvalue weighted by atomic mass is 16.6. The highest BCUT2D eigenvalue weighted by molar-refractivity contribution is 5.99. The van der Waals surface area contributed by atoms with Crippen molar-refractivity contribution in [3.05, 3.63) is 24.3 Å². The number of fused-ring (bicyclic) bond motifs is 2. The maximum Gasteiger partial charge on any atom is 0.313 e. The molecule has 5 rings (SSSR count). The Bertz CT molecular complexity index is 932. The van der Waals surface area contributed by atoms with Crippen molar-refractivity contribution >= 4 is 17.8 Å². The molecule has 0 aromatic carbocycles. The molecule has 3 fully saturated rings. The summed E-state index contributed by atoms with van der Waals surface area (Å²) in [6, 6.07) is -0.867. The summed E-state index contributed by atoms with van der Waals surface area (Å²) in [7, 11) is 0. The van der Waals surface area contributed by atoms with E-state index in [1.54, 1.807) is 15.9 Å². The van der Waals surface area contributed by atoms with Crippen molar-refractivity contribution in [2.24, 2.45) is 11.8 Å². The molecular formula is C26H37N3O7. The van der Waals surface area contributed by atoms with Gasteiger partial charge in [-0.3, -0.25) is 19.3 Å². The first-order valence-corrected chi connectivity index (χ1v) is 13.2. The summed E-state index contributed by atoms with van der Waals surface area (Å²) >= 11 is 0. The number of unbranched alkanes of at least 4 members (excludes halogenated alkanes) is 1. The van der Waals surface area contributed by atoms with Gasteiger partial charge >= 0.3 is 5.97 Å². The van der Waals surface area contributed by atoms with E-state index < -0.39 is 35.0 Å². The second-order valence-electron chi connectivity index (χ2n) is 10.3. The number of cyclic esters (lactones) is 1. The van der Waals surface area contributed by atoms with Crippen LogP contribution in [0.4, 0.5) is 0 Å². The highest BCUT2D eigenvalue weighted by Crippen LogP contribution is 2.58. The first-order chi connectivity index (χ1) is 17.5. The molecule has 5 aliphatic heterocycles. The Morgan fingerprint density at radius 2 is 1.81 bits per heavy atom. The monoisotopic (exact) mass is 503 g/mol. The molecule has 10 heteroatoms. The van der Waals surface area contributed by atoms with Crippen molar-refractivity contribution in [3.8, 4) is 0 Å². The number of carbonyl (C=O) groups excluding carboxylic acids is 3. The average Bonchev–Trinajstić information content (AvgIpc) is 3.16. The van der Waals surface area contributed by atoms with Gasteiger partial charge in [0.2, 0.25) is 11.8 Å². The molecule has 10 nitrogen and oxygen atoms in total. The predicted molar refractivity (Wildman–Crippen MR) is 129 cm³/mol. The van der Waals surface area contributed by atoms with Crippen LogP contribution in [0.25, 0.3) is 0 Å². The number of aliphatic hydroxyl groups is 1. The first-order valence-electron chi connectivity index (χ1n) is 13.2. The summed E-state index contributed by atoms with van der Waals surface area (Å²) in [5, 5.41) is 9.32. The van der Waals surface area contributed by atoms with Crippen LogP contribution in [0.1, 0.15) is 26.2 Å². The van der Waals surface area contributed by atoms with E-state index in [-0.39, 0.29) is 25.0 Å². The van der Waals surface area contributed by atoms with Crippen LogP contribution in [0.15, 0.2) is 24.3 Å². The molecule has 0 radical (unpaired) electrons. The summed E-state index contributed by atoms with van der Waals surface area (Å²) in [5.41, 5.74) is -2.25. The SMILES string of the molecule is CC[C@]12C=CCOC(=O)[C@H]1[C@H]1C(=O)N(CCCCO)C3C(=O)N(CCN4CCOCC4)CC=C[C@@]31O2. The lowest BCUT2D eigenvalue weighted by Gasteiger charge is -2.38. The maximum absolute atomic E-state index is 14.2. The van der Waals surface area contributed by atoms with E-state index >= 15 is 0 Å². The van der Waals surface area contributed by atoms with E-state index in [0.29, 0.717) is 52.1 Å². The van der Waals surface area contributed by atoms with Gasteiger partial charge in [-0.2, -0.15) is 0 Å². The second-order valence-corrected chi connectivity index (χ2v) is 10.3. The molecule has 0 bridgehead atoms. The van der Waals surface area contributed by atoms with Gasteiger partial charge in [-0.05, 0) is 25.3 Å². The van der Waals surface area contributed by atoms with Gasteiger partial charge in [-0.15, -0.1) is 0 Å². The summed E-state index contributed by atoms with van der Waals surface area (Å²) in [6.45, 7) is 7.11. The van der Waals surface area contributed by atoms with Crippen LogP contribution < -0.4 is 0 Å². The molecule has 5 aliphatic rings. The number of carbonyl (C=O) groups is 3. The van der Waals surface area contributed by atoms with E-state index in [9.17, 15) is 19.5 Å². The minimum absolute atomic E-state index is 0.00990. The fourth-order valence-corrected chi connectivity index (χ4v) is 6.56. The Labute approximate surface area is 211 Å². The maximum atomic E-state index is 14.2. The molecule has 5 atom stereocenters. The summed E-state index contributed by atoms with van der Waals surface area (Å²) in [6.07, 6.45) is 8.97. The zero-order valence-electron chi connectivity index (χ0n) is 21.0. The van der Waals surface area contributed by atoms with E-state index in [2.05, 4.69) is 4.90 Å². The summed E-state index contributed by atoms with van der Waals surface area (Å²) in [4.78, 5) is 47.1. The van der Waals surface area contributed by atoms with Crippen molar-refractivity contribution in [2.75, 3.05) is 65.7 Å². The quantitative estimate of drug-likeness (QED) is 0.279. The molecule has 2 amide bonds. The van der Waals surface area contributed by atoms with Gasteiger partial charge in [-0.25, -0.2) is 0 Å². The molecule has 36 heavy (non-hydrogen) atoms. The van der Waals surface area contributed by atoms with Crippen LogP contribution in [0, 0.1) is 11.8 Å². The lowest BCUT2D eigenvalue weighted by atomic mass is 9.73. The minimum atomic E-state index is -1.25. The molecule has 1 N–H and O–H groups in total. The number of amides is 2. The minimum Gasteiger partial charge on any atom is -0.461 e. The van der Waals surface area contributed by atoms with Crippen LogP contribution >= 0.6 is 0 Å². The highest BCUT2D eigenvalue weighted by Gasteiger charge is 2.75. The van der Waals surface area contributed by atoms with Gasteiger partial charge in [0.1, 0.15) is 29.8 Å². The van der Waals surface area contributed by atoms with E-state index in [1.165, 1.54) is 0 Å². The van der Waals surface area contributed by atoms with Gasteiger partial charge in [0.25, 0.3) is 0 Å². The number of ether oxygens (including phenoxy) is 3. The first kappa shape index (κ1) is 25.4. The van der Waals surface area contributed by atoms with Crippen molar-refractivity contribution in [2.45, 2.75) is 43.4 Å². The second kappa shape index (κ2) is 10.2. The number of rotatable bonds is 8. The number of nitrogens with zero attached hydrogens (tertiary/aromatic N) is 3. The lowest BCUT2D eigenvalue weighted by molar-refractivity contribution is -0.159. The van der Waals surface area contributed by atoms with Crippen LogP contribution in [0.3, 0.4) is 0 Å². The fourth-order valence-electron chi connectivity index (χ4n) is 6.56. The Hall–Kier alpha value is -2.27. The number of aliphatic hydroxyl groups excluding tert-OH is 1. The average molecular weight is 504 g/mol. The van der Waals surface area contributed by atoms with E-state index in [4.69, 9.17) is 14.2 Å². The van der Waals surface area contributed by atoms with Crippen LogP contribution in [0.5, 0.6) is 0 Å².